The molecule has 1 unspecified atom stereocenters. The molecule has 4 aliphatic carbocycles. The van der Waals surface area contributed by atoms with Crippen LogP contribution in [-0.2, 0) is 23.9 Å². The summed E-state index contributed by atoms with van der Waals surface area (Å²) in [5.74, 6) is -7.54. The van der Waals surface area contributed by atoms with Gasteiger partial charge in [0.15, 0.2) is 12.7 Å². The van der Waals surface area contributed by atoms with E-state index in [-0.39, 0.29) is 0 Å². The van der Waals surface area contributed by atoms with E-state index in [1.54, 1.807) is 0 Å². The molecule has 4 rings (SSSR count). The lowest BCUT2D eigenvalue weighted by Crippen LogP contribution is -2.51. The number of hydrogen-bond donors (Lipinski definition) is 1. The Labute approximate surface area is 156 Å². The van der Waals surface area contributed by atoms with Gasteiger partial charge in [0, 0.05) is 0 Å². The van der Waals surface area contributed by atoms with Crippen molar-refractivity contribution in [3.05, 3.63) is 0 Å². The fourth-order valence-corrected chi connectivity index (χ4v) is 5.56. The van der Waals surface area contributed by atoms with Crippen molar-refractivity contribution in [2.45, 2.75) is 64.4 Å². The first kappa shape index (κ1) is 20.0. The topological polar surface area (TPSA) is 89.9 Å². The molecule has 0 aromatic rings. The van der Waals surface area contributed by atoms with Crippen molar-refractivity contribution in [3.63, 3.8) is 0 Å². The molecular formula is C19H26F2O6. The van der Waals surface area contributed by atoms with Gasteiger partial charge in [-0.05, 0) is 62.2 Å². The van der Waals surface area contributed by atoms with Gasteiger partial charge in [-0.2, -0.15) is 8.78 Å². The predicted octanol–water partition coefficient (Wildman–Crippen LogP) is 3.03. The number of halogens is 2. The van der Waals surface area contributed by atoms with E-state index < -0.39 is 47.9 Å². The number of alkyl halides is 2. The zero-order valence-corrected chi connectivity index (χ0v) is 15.6. The van der Waals surface area contributed by atoms with Crippen molar-refractivity contribution in [1.82, 2.24) is 0 Å². The molecule has 4 bridgehead atoms. The summed E-state index contributed by atoms with van der Waals surface area (Å²) < 4.78 is 37.3. The summed E-state index contributed by atoms with van der Waals surface area (Å²) in [6.45, 7) is 1.88. The summed E-state index contributed by atoms with van der Waals surface area (Å²) in [6.07, 6.45) is 3.61. The number of hydrogen-bond acceptors (Lipinski definition) is 5. The van der Waals surface area contributed by atoms with Crippen LogP contribution in [0.2, 0.25) is 0 Å². The van der Waals surface area contributed by atoms with Gasteiger partial charge in [0.25, 0.3) is 0 Å². The van der Waals surface area contributed by atoms with E-state index in [9.17, 15) is 23.2 Å². The number of carboxylic acids is 1. The molecule has 0 radical (unpaired) electrons. The molecule has 4 saturated carbocycles. The maximum absolute atomic E-state index is 13.7. The highest BCUT2D eigenvalue weighted by Crippen LogP contribution is 2.60. The van der Waals surface area contributed by atoms with Crippen LogP contribution in [0.3, 0.4) is 0 Å². The number of aliphatic carboxylic acids is 1. The summed E-state index contributed by atoms with van der Waals surface area (Å²) >= 11 is 0. The van der Waals surface area contributed by atoms with E-state index in [4.69, 9.17) is 9.84 Å². The van der Waals surface area contributed by atoms with Gasteiger partial charge < -0.3 is 14.6 Å². The second-order valence-corrected chi connectivity index (χ2v) is 8.86. The average Bonchev–Trinajstić information content (AvgIpc) is 2.55. The molecule has 4 aliphatic rings. The highest BCUT2D eigenvalue weighted by Gasteiger charge is 2.56. The summed E-state index contributed by atoms with van der Waals surface area (Å²) in [5, 5.41) is 8.66. The second-order valence-electron chi connectivity index (χ2n) is 8.86. The van der Waals surface area contributed by atoms with Gasteiger partial charge in [-0.15, -0.1) is 0 Å². The van der Waals surface area contributed by atoms with Crippen LogP contribution in [0.15, 0.2) is 0 Å². The first-order valence-corrected chi connectivity index (χ1v) is 9.51. The Morgan fingerprint density at radius 2 is 1.56 bits per heavy atom. The molecule has 0 spiro atoms. The van der Waals surface area contributed by atoms with Crippen LogP contribution in [0.5, 0.6) is 0 Å². The first-order chi connectivity index (χ1) is 12.5. The summed E-state index contributed by atoms with van der Waals surface area (Å²) in [6, 6.07) is 0. The molecule has 6 nitrogen and oxygen atoms in total. The van der Waals surface area contributed by atoms with Crippen molar-refractivity contribution in [1.29, 1.82) is 0 Å². The maximum atomic E-state index is 13.7. The highest BCUT2D eigenvalue weighted by atomic mass is 19.3. The third-order valence-corrected chi connectivity index (χ3v) is 6.30. The minimum absolute atomic E-state index is 0.454. The molecule has 8 heteroatoms. The monoisotopic (exact) mass is 388 g/mol. The van der Waals surface area contributed by atoms with Crippen molar-refractivity contribution in [2.24, 2.45) is 29.1 Å². The van der Waals surface area contributed by atoms with Crippen molar-refractivity contribution < 1.29 is 37.7 Å². The molecular weight excluding hydrogens is 362 g/mol. The summed E-state index contributed by atoms with van der Waals surface area (Å²) in [5.41, 5.74) is -0.558. The Hall–Kier alpha value is -1.73. The van der Waals surface area contributed by atoms with Gasteiger partial charge in [-0.1, -0.05) is 13.8 Å². The normalized spacial score (nSPS) is 33.0. The molecule has 1 atom stereocenters. The zero-order valence-electron chi connectivity index (χ0n) is 15.6. The lowest BCUT2D eigenvalue weighted by Gasteiger charge is -2.55. The standard InChI is InChI=1S/C19H26F2O6/c1-10(2)15(19(20,21)16(23)24)27-14(22)9-26-17(25)18-6-11-3-12(7-18)5-13(4-11)8-18/h10-13,15H,3-9H2,1-2H3,(H,23,24). The molecule has 27 heavy (non-hydrogen) atoms. The molecule has 0 aliphatic heterocycles. The summed E-state index contributed by atoms with van der Waals surface area (Å²) in [7, 11) is 0. The van der Waals surface area contributed by atoms with E-state index in [1.807, 2.05) is 0 Å². The third kappa shape index (κ3) is 3.80. The molecule has 0 heterocycles. The first-order valence-electron chi connectivity index (χ1n) is 9.51. The molecule has 1 N–H and O–H groups in total. The van der Waals surface area contributed by atoms with Crippen LogP contribution in [0.4, 0.5) is 8.78 Å². The third-order valence-electron chi connectivity index (χ3n) is 6.30. The Bertz CT molecular complexity index is 594. The maximum Gasteiger partial charge on any atom is 0.378 e. The van der Waals surface area contributed by atoms with E-state index in [0.29, 0.717) is 17.8 Å². The average molecular weight is 388 g/mol. The lowest BCUT2D eigenvalue weighted by atomic mass is 9.49. The highest BCUT2D eigenvalue weighted by molar-refractivity contribution is 5.81. The lowest BCUT2D eigenvalue weighted by molar-refractivity contribution is -0.203. The minimum atomic E-state index is -4.21. The molecule has 0 amide bonds. The van der Waals surface area contributed by atoms with E-state index in [2.05, 4.69) is 4.74 Å². The zero-order chi connectivity index (χ0) is 20.0. The Morgan fingerprint density at radius 3 is 1.96 bits per heavy atom. The number of ether oxygens (including phenoxy) is 2. The Kier molecular flexibility index (Phi) is 5.20. The fraction of sp³-hybridized carbons (Fsp3) is 0.842. The van der Waals surface area contributed by atoms with Gasteiger partial charge in [-0.3, -0.25) is 4.79 Å². The van der Waals surface area contributed by atoms with Crippen LogP contribution >= 0.6 is 0 Å². The van der Waals surface area contributed by atoms with E-state index in [0.717, 1.165) is 38.5 Å². The van der Waals surface area contributed by atoms with Crippen LogP contribution in [0.1, 0.15) is 52.4 Å². The van der Waals surface area contributed by atoms with Gasteiger partial charge >= 0.3 is 23.8 Å². The number of carbonyl (C=O) groups excluding carboxylic acids is 2. The molecule has 0 aromatic heterocycles. The molecule has 0 saturated heterocycles. The van der Waals surface area contributed by atoms with Gasteiger partial charge in [0.05, 0.1) is 5.41 Å². The van der Waals surface area contributed by atoms with Gasteiger partial charge in [0.2, 0.25) is 0 Å². The number of rotatable bonds is 7. The van der Waals surface area contributed by atoms with Crippen molar-refractivity contribution in [2.75, 3.05) is 6.61 Å². The fourth-order valence-electron chi connectivity index (χ4n) is 5.56. The number of esters is 2. The second kappa shape index (κ2) is 7.02. The van der Waals surface area contributed by atoms with Crippen molar-refractivity contribution >= 4 is 17.9 Å². The number of carboxylic acid groups (broad SMARTS) is 1. The SMILES string of the molecule is CC(C)C(OC(=O)COC(=O)C12CC3CC(CC(C3)C1)C2)C(F)(F)C(=O)O. The van der Waals surface area contributed by atoms with Crippen LogP contribution < -0.4 is 0 Å². The van der Waals surface area contributed by atoms with E-state index in [1.165, 1.54) is 13.8 Å². The van der Waals surface area contributed by atoms with E-state index >= 15 is 0 Å². The predicted molar refractivity (Wildman–Crippen MR) is 88.9 cm³/mol. The number of carbonyl (C=O) groups is 3. The molecule has 152 valence electrons. The largest absolute Gasteiger partial charge is 0.477 e. The minimum Gasteiger partial charge on any atom is -0.477 e. The van der Waals surface area contributed by atoms with Gasteiger partial charge in [-0.25, -0.2) is 9.59 Å². The summed E-state index contributed by atoms with van der Waals surface area (Å²) in [4.78, 5) is 35.3. The van der Waals surface area contributed by atoms with Crippen molar-refractivity contribution in [3.8, 4) is 0 Å². The molecule has 0 aromatic carbocycles. The quantitative estimate of drug-likeness (QED) is 0.674. The Balaban J connectivity index is 1.57. The van der Waals surface area contributed by atoms with Crippen LogP contribution in [0, 0.1) is 29.1 Å². The Morgan fingerprint density at radius 1 is 1.07 bits per heavy atom. The molecule has 4 fully saturated rings. The van der Waals surface area contributed by atoms with Gasteiger partial charge in [0.1, 0.15) is 0 Å². The van der Waals surface area contributed by atoms with Crippen LogP contribution in [-0.4, -0.2) is 41.6 Å². The smallest absolute Gasteiger partial charge is 0.378 e. The van der Waals surface area contributed by atoms with Crippen LogP contribution in [0.25, 0.3) is 0 Å².